The highest BCUT2D eigenvalue weighted by atomic mass is 16.4. The van der Waals surface area contributed by atoms with E-state index >= 15 is 0 Å². The van der Waals surface area contributed by atoms with Gasteiger partial charge in [0.25, 0.3) is 0 Å². The largest absolute Gasteiger partial charge is 0.480 e. The van der Waals surface area contributed by atoms with Crippen LogP contribution in [-0.4, -0.2) is 52.5 Å². The van der Waals surface area contributed by atoms with E-state index in [1.165, 1.54) is 5.56 Å². The number of benzene rings is 1. The molecule has 0 aromatic heterocycles. The molecule has 0 saturated carbocycles. The zero-order valence-corrected chi connectivity index (χ0v) is 14.6. The van der Waals surface area contributed by atoms with Crippen LogP contribution < -0.4 is 0 Å². The molecule has 24 heavy (non-hydrogen) atoms. The predicted molar refractivity (Wildman–Crippen MR) is 93.5 cm³/mol. The summed E-state index contributed by atoms with van der Waals surface area (Å²) in [6.07, 6.45) is 2.38. The third kappa shape index (κ3) is 5.06. The standard InChI is InChI=1S/C19H28N2O3/c1-3-15(2)21(14-18(22)23)19(24)17-9-11-20(12-10-17)13-16-7-5-4-6-8-16/h4-8,15,17H,3,9-14H2,1-2H3,(H,22,23). The van der Waals surface area contributed by atoms with Crippen molar-refractivity contribution in [1.82, 2.24) is 9.80 Å². The van der Waals surface area contributed by atoms with E-state index in [1.54, 1.807) is 4.90 Å². The molecule has 1 atom stereocenters. The molecule has 1 aromatic rings. The Labute approximate surface area is 144 Å². The Kier molecular flexibility index (Phi) is 6.79. The van der Waals surface area contributed by atoms with Crippen molar-refractivity contribution < 1.29 is 14.7 Å². The molecule has 132 valence electrons. The van der Waals surface area contributed by atoms with Gasteiger partial charge in [-0.1, -0.05) is 37.3 Å². The predicted octanol–water partition coefficient (Wildman–Crippen LogP) is 2.61. The lowest BCUT2D eigenvalue weighted by molar-refractivity contribution is -0.149. The SMILES string of the molecule is CCC(C)N(CC(=O)O)C(=O)C1CCN(Cc2ccccc2)CC1. The quantitative estimate of drug-likeness (QED) is 0.834. The number of hydrogen-bond donors (Lipinski definition) is 1. The molecule has 0 bridgehead atoms. The average Bonchev–Trinajstić information content (AvgIpc) is 2.60. The zero-order valence-electron chi connectivity index (χ0n) is 14.6. The number of piperidine rings is 1. The minimum atomic E-state index is -0.940. The second kappa shape index (κ2) is 8.83. The van der Waals surface area contributed by atoms with Gasteiger partial charge in [-0.15, -0.1) is 0 Å². The lowest BCUT2D eigenvalue weighted by atomic mass is 9.94. The zero-order chi connectivity index (χ0) is 17.5. The fourth-order valence-electron chi connectivity index (χ4n) is 3.23. The Morgan fingerprint density at radius 2 is 1.88 bits per heavy atom. The maximum atomic E-state index is 12.7. The molecule has 1 amide bonds. The molecule has 1 unspecified atom stereocenters. The second-order valence-electron chi connectivity index (χ2n) is 6.65. The van der Waals surface area contributed by atoms with E-state index in [9.17, 15) is 9.59 Å². The molecular weight excluding hydrogens is 304 g/mol. The molecule has 0 spiro atoms. The van der Waals surface area contributed by atoms with Gasteiger partial charge in [0, 0.05) is 18.5 Å². The van der Waals surface area contributed by atoms with Crippen molar-refractivity contribution in [2.24, 2.45) is 5.92 Å². The number of carboxylic acids is 1. The molecular formula is C19H28N2O3. The van der Waals surface area contributed by atoms with Crippen molar-refractivity contribution in [3.05, 3.63) is 35.9 Å². The van der Waals surface area contributed by atoms with Crippen LogP contribution >= 0.6 is 0 Å². The normalized spacial score (nSPS) is 17.4. The average molecular weight is 332 g/mol. The maximum absolute atomic E-state index is 12.7. The molecule has 0 aliphatic carbocycles. The second-order valence-corrected chi connectivity index (χ2v) is 6.65. The van der Waals surface area contributed by atoms with Gasteiger partial charge in [-0.2, -0.15) is 0 Å². The van der Waals surface area contributed by atoms with Crippen molar-refractivity contribution >= 4 is 11.9 Å². The summed E-state index contributed by atoms with van der Waals surface area (Å²) in [5, 5.41) is 9.08. The number of carboxylic acid groups (broad SMARTS) is 1. The monoisotopic (exact) mass is 332 g/mol. The Hall–Kier alpha value is -1.88. The van der Waals surface area contributed by atoms with Gasteiger partial charge in [-0.25, -0.2) is 0 Å². The van der Waals surface area contributed by atoms with Crippen LogP contribution in [0.25, 0.3) is 0 Å². The number of carbonyl (C=O) groups excluding carboxylic acids is 1. The number of amides is 1. The van der Waals surface area contributed by atoms with Crippen LogP contribution in [0.5, 0.6) is 0 Å². The Bertz CT molecular complexity index is 539. The number of nitrogens with zero attached hydrogens (tertiary/aromatic N) is 2. The van der Waals surface area contributed by atoms with Crippen LogP contribution in [0.4, 0.5) is 0 Å². The van der Waals surface area contributed by atoms with Crippen molar-refractivity contribution in [2.45, 2.75) is 45.7 Å². The van der Waals surface area contributed by atoms with Gasteiger partial charge in [-0.3, -0.25) is 14.5 Å². The first kappa shape index (κ1) is 18.5. The van der Waals surface area contributed by atoms with Crippen LogP contribution in [0.2, 0.25) is 0 Å². The number of rotatable bonds is 7. The lowest BCUT2D eigenvalue weighted by Gasteiger charge is -2.35. The van der Waals surface area contributed by atoms with Gasteiger partial charge in [0.05, 0.1) is 0 Å². The Morgan fingerprint density at radius 3 is 2.42 bits per heavy atom. The summed E-state index contributed by atoms with van der Waals surface area (Å²) in [6, 6.07) is 10.3. The molecule has 1 aliphatic rings. The minimum Gasteiger partial charge on any atom is -0.480 e. The number of hydrogen-bond acceptors (Lipinski definition) is 3. The highest BCUT2D eigenvalue weighted by molar-refractivity contribution is 5.83. The molecule has 1 fully saturated rings. The van der Waals surface area contributed by atoms with Gasteiger partial charge in [-0.05, 0) is 44.8 Å². The van der Waals surface area contributed by atoms with Gasteiger partial charge >= 0.3 is 5.97 Å². The van der Waals surface area contributed by atoms with Gasteiger partial charge in [0.15, 0.2) is 0 Å². The van der Waals surface area contributed by atoms with E-state index < -0.39 is 5.97 Å². The van der Waals surface area contributed by atoms with Gasteiger partial charge in [0.1, 0.15) is 6.54 Å². The third-order valence-electron chi connectivity index (χ3n) is 4.90. The molecule has 2 rings (SSSR count). The molecule has 5 nitrogen and oxygen atoms in total. The number of carbonyl (C=O) groups is 2. The molecule has 5 heteroatoms. The summed E-state index contributed by atoms with van der Waals surface area (Å²) < 4.78 is 0. The lowest BCUT2D eigenvalue weighted by Crippen LogP contribution is -2.47. The fourth-order valence-corrected chi connectivity index (χ4v) is 3.23. The summed E-state index contributed by atoms with van der Waals surface area (Å²) in [4.78, 5) is 27.7. The van der Waals surface area contributed by atoms with E-state index in [1.807, 2.05) is 32.0 Å². The van der Waals surface area contributed by atoms with E-state index in [0.29, 0.717) is 0 Å². The first-order chi connectivity index (χ1) is 11.5. The molecule has 1 N–H and O–H groups in total. The minimum absolute atomic E-state index is 0.00566. The van der Waals surface area contributed by atoms with Crippen LogP contribution in [0.15, 0.2) is 30.3 Å². The van der Waals surface area contributed by atoms with E-state index in [-0.39, 0.29) is 24.4 Å². The van der Waals surface area contributed by atoms with E-state index in [2.05, 4.69) is 17.0 Å². The Morgan fingerprint density at radius 1 is 1.25 bits per heavy atom. The molecule has 1 saturated heterocycles. The fraction of sp³-hybridized carbons (Fsp3) is 0.579. The van der Waals surface area contributed by atoms with Crippen molar-refractivity contribution in [2.75, 3.05) is 19.6 Å². The van der Waals surface area contributed by atoms with Crippen LogP contribution in [0.3, 0.4) is 0 Å². The van der Waals surface area contributed by atoms with E-state index in [4.69, 9.17) is 5.11 Å². The summed E-state index contributed by atoms with van der Waals surface area (Å²) >= 11 is 0. The van der Waals surface area contributed by atoms with Crippen LogP contribution in [0.1, 0.15) is 38.7 Å². The van der Waals surface area contributed by atoms with Gasteiger partial charge < -0.3 is 10.0 Å². The van der Waals surface area contributed by atoms with Crippen LogP contribution in [-0.2, 0) is 16.1 Å². The summed E-state index contributed by atoms with van der Waals surface area (Å²) in [7, 11) is 0. The van der Waals surface area contributed by atoms with Gasteiger partial charge in [0.2, 0.25) is 5.91 Å². The highest BCUT2D eigenvalue weighted by Gasteiger charge is 2.31. The molecule has 1 heterocycles. The highest BCUT2D eigenvalue weighted by Crippen LogP contribution is 2.22. The summed E-state index contributed by atoms with van der Waals surface area (Å²) in [5.74, 6) is -0.985. The molecule has 1 aliphatic heterocycles. The van der Waals surface area contributed by atoms with Crippen LogP contribution in [0, 0.1) is 5.92 Å². The maximum Gasteiger partial charge on any atom is 0.323 e. The third-order valence-corrected chi connectivity index (χ3v) is 4.90. The summed E-state index contributed by atoms with van der Waals surface area (Å²) in [6.45, 7) is 6.38. The molecule has 0 radical (unpaired) electrons. The van der Waals surface area contributed by atoms with E-state index in [0.717, 1.165) is 38.9 Å². The first-order valence-corrected chi connectivity index (χ1v) is 8.79. The van der Waals surface area contributed by atoms with Crippen molar-refractivity contribution in [3.8, 4) is 0 Å². The topological polar surface area (TPSA) is 60.9 Å². The number of likely N-dealkylation sites (tertiary alicyclic amines) is 1. The van der Waals surface area contributed by atoms with Crippen molar-refractivity contribution in [3.63, 3.8) is 0 Å². The first-order valence-electron chi connectivity index (χ1n) is 8.79. The summed E-state index contributed by atoms with van der Waals surface area (Å²) in [5.41, 5.74) is 1.29. The molecule has 1 aromatic carbocycles. The van der Waals surface area contributed by atoms with Crippen molar-refractivity contribution in [1.29, 1.82) is 0 Å². The smallest absolute Gasteiger partial charge is 0.323 e. The number of aliphatic carboxylic acids is 1. The Balaban J connectivity index is 1.89.